The summed E-state index contributed by atoms with van der Waals surface area (Å²) in [4.78, 5) is 17.5. The summed E-state index contributed by atoms with van der Waals surface area (Å²) in [7, 11) is 0. The van der Waals surface area contributed by atoms with E-state index in [1.807, 2.05) is 53.9 Å². The first-order valence-corrected chi connectivity index (χ1v) is 8.43. The predicted octanol–water partition coefficient (Wildman–Crippen LogP) is 4.61. The van der Waals surface area contributed by atoms with Crippen LogP contribution >= 0.6 is 15.9 Å². The van der Waals surface area contributed by atoms with E-state index >= 15 is 0 Å². The Hall–Kier alpha value is -2.14. The molecular weight excluding hydrogens is 354 g/mol. The summed E-state index contributed by atoms with van der Waals surface area (Å²) in [5.41, 5.74) is 4.14. The second kappa shape index (κ2) is 6.54. The molecule has 1 aromatic carbocycles. The Balaban J connectivity index is 2.03. The van der Waals surface area contributed by atoms with Crippen LogP contribution in [0.1, 0.15) is 35.1 Å². The molecule has 1 amide bonds. The number of carbonyl (C=O) groups excluding carboxylic acids is 1. The van der Waals surface area contributed by atoms with Gasteiger partial charge in [0.15, 0.2) is 0 Å². The maximum atomic E-state index is 12.8. The van der Waals surface area contributed by atoms with Crippen LogP contribution in [0.4, 0.5) is 5.69 Å². The van der Waals surface area contributed by atoms with E-state index in [9.17, 15) is 4.79 Å². The van der Waals surface area contributed by atoms with Crippen molar-refractivity contribution >= 4 is 33.2 Å². The molecule has 23 heavy (non-hydrogen) atoms. The van der Waals surface area contributed by atoms with Crippen LogP contribution in [-0.4, -0.2) is 15.3 Å². The van der Waals surface area contributed by atoms with Crippen LogP contribution < -0.4 is 5.32 Å². The highest BCUT2D eigenvalue weighted by molar-refractivity contribution is 9.10. The van der Waals surface area contributed by atoms with Crippen molar-refractivity contribution < 1.29 is 4.79 Å². The van der Waals surface area contributed by atoms with Gasteiger partial charge < -0.3 is 5.32 Å². The van der Waals surface area contributed by atoms with Crippen LogP contribution in [0.5, 0.6) is 0 Å². The van der Waals surface area contributed by atoms with Gasteiger partial charge in [0.25, 0.3) is 5.91 Å². The Labute approximate surface area is 143 Å². The van der Waals surface area contributed by atoms with Gasteiger partial charge in [-0.1, -0.05) is 35.3 Å². The number of halogens is 1. The van der Waals surface area contributed by atoms with Crippen molar-refractivity contribution in [3.8, 4) is 0 Å². The number of hydrogen-bond donors (Lipinski definition) is 1. The minimum atomic E-state index is -0.131. The maximum absolute atomic E-state index is 12.8. The molecule has 5 heteroatoms. The molecule has 0 fully saturated rings. The number of nitrogens with one attached hydrogen (secondary N) is 1. The van der Waals surface area contributed by atoms with Gasteiger partial charge in [0.05, 0.1) is 5.69 Å². The summed E-state index contributed by atoms with van der Waals surface area (Å²) < 4.78 is 2.86. The second-order valence-corrected chi connectivity index (χ2v) is 6.42. The molecule has 3 rings (SSSR count). The Bertz CT molecular complexity index is 853. The Morgan fingerprint density at radius 2 is 2.00 bits per heavy atom. The first-order chi connectivity index (χ1) is 11.1. The molecular formula is C18H18BrN3O. The van der Waals surface area contributed by atoms with Gasteiger partial charge in [-0.15, -0.1) is 0 Å². The van der Waals surface area contributed by atoms with Crippen LogP contribution in [0.25, 0.3) is 5.65 Å². The second-order valence-electron chi connectivity index (χ2n) is 5.50. The van der Waals surface area contributed by atoms with Crippen LogP contribution in [0, 0.1) is 6.92 Å². The fourth-order valence-electron chi connectivity index (χ4n) is 2.63. The molecule has 0 saturated heterocycles. The van der Waals surface area contributed by atoms with Gasteiger partial charge in [-0.3, -0.25) is 9.20 Å². The fraction of sp³-hybridized carbons (Fsp3) is 0.222. The van der Waals surface area contributed by atoms with Crippen molar-refractivity contribution in [2.24, 2.45) is 0 Å². The molecule has 0 saturated carbocycles. The molecule has 4 nitrogen and oxygen atoms in total. The quantitative estimate of drug-likeness (QED) is 0.727. The lowest BCUT2D eigenvalue weighted by atomic mass is 10.2. The van der Waals surface area contributed by atoms with Crippen molar-refractivity contribution in [3.05, 3.63) is 64.0 Å². The number of benzene rings is 1. The predicted molar refractivity (Wildman–Crippen MR) is 96.0 cm³/mol. The van der Waals surface area contributed by atoms with Gasteiger partial charge in [0, 0.05) is 16.4 Å². The van der Waals surface area contributed by atoms with Gasteiger partial charge in [0.1, 0.15) is 11.3 Å². The van der Waals surface area contributed by atoms with E-state index in [2.05, 4.69) is 33.2 Å². The zero-order chi connectivity index (χ0) is 16.4. The molecule has 0 atom stereocenters. The maximum Gasteiger partial charge on any atom is 0.274 e. The molecule has 0 aliphatic rings. The molecule has 0 aliphatic carbocycles. The third kappa shape index (κ3) is 3.15. The first kappa shape index (κ1) is 15.7. The number of aromatic nitrogens is 2. The van der Waals surface area contributed by atoms with Crippen LogP contribution in [-0.2, 0) is 6.42 Å². The van der Waals surface area contributed by atoms with Crippen LogP contribution in [0.2, 0.25) is 0 Å². The lowest BCUT2D eigenvalue weighted by molar-refractivity contribution is 0.102. The summed E-state index contributed by atoms with van der Waals surface area (Å²) in [6, 6.07) is 11.5. The van der Waals surface area contributed by atoms with Crippen molar-refractivity contribution in [3.63, 3.8) is 0 Å². The highest BCUT2D eigenvalue weighted by Gasteiger charge is 2.19. The van der Waals surface area contributed by atoms with Crippen LogP contribution in [0.3, 0.4) is 0 Å². The van der Waals surface area contributed by atoms with Gasteiger partial charge in [0.2, 0.25) is 0 Å². The average Bonchev–Trinajstić information content (AvgIpc) is 2.90. The van der Waals surface area contributed by atoms with E-state index in [0.717, 1.165) is 39.9 Å². The Morgan fingerprint density at radius 1 is 1.26 bits per heavy atom. The SMILES string of the molecule is CCCc1nc2c(C)cccn2c1C(=O)Nc1ccc(Br)cc1. The molecule has 0 aliphatic heterocycles. The number of aryl methyl sites for hydroxylation is 2. The monoisotopic (exact) mass is 371 g/mol. The molecule has 2 aromatic heterocycles. The van der Waals surface area contributed by atoms with E-state index in [0.29, 0.717) is 5.69 Å². The highest BCUT2D eigenvalue weighted by Crippen LogP contribution is 2.20. The minimum absolute atomic E-state index is 0.131. The minimum Gasteiger partial charge on any atom is -0.321 e. The summed E-state index contributed by atoms with van der Waals surface area (Å²) in [6.45, 7) is 4.10. The third-order valence-corrected chi connectivity index (χ3v) is 4.25. The van der Waals surface area contributed by atoms with Crippen LogP contribution in [0.15, 0.2) is 47.1 Å². The number of rotatable bonds is 4. The molecule has 0 radical (unpaired) electrons. The molecule has 2 heterocycles. The zero-order valence-corrected chi connectivity index (χ0v) is 14.7. The van der Waals surface area contributed by atoms with Gasteiger partial charge >= 0.3 is 0 Å². The summed E-state index contributed by atoms with van der Waals surface area (Å²) in [6.07, 6.45) is 3.62. The van der Waals surface area contributed by atoms with E-state index in [1.165, 1.54) is 0 Å². The lowest BCUT2D eigenvalue weighted by Gasteiger charge is -2.07. The summed E-state index contributed by atoms with van der Waals surface area (Å²) in [5.74, 6) is -0.131. The van der Waals surface area contributed by atoms with E-state index < -0.39 is 0 Å². The van der Waals surface area contributed by atoms with Crippen molar-refractivity contribution in [1.82, 2.24) is 9.38 Å². The molecule has 1 N–H and O–H groups in total. The number of pyridine rings is 1. The smallest absolute Gasteiger partial charge is 0.274 e. The number of nitrogens with zero attached hydrogens (tertiary/aromatic N) is 2. The standard InChI is InChI=1S/C18H18BrN3O/c1-3-5-15-16(22-11-4-6-12(2)17(22)21-15)18(23)20-14-9-7-13(19)8-10-14/h4,6-11H,3,5H2,1-2H3,(H,20,23). The van der Waals surface area contributed by atoms with Gasteiger partial charge in [-0.2, -0.15) is 0 Å². The molecule has 0 unspecified atom stereocenters. The fourth-order valence-corrected chi connectivity index (χ4v) is 2.89. The largest absolute Gasteiger partial charge is 0.321 e. The van der Waals surface area contributed by atoms with E-state index in [-0.39, 0.29) is 5.91 Å². The first-order valence-electron chi connectivity index (χ1n) is 7.63. The van der Waals surface area contributed by atoms with Gasteiger partial charge in [-0.05, 0) is 49.2 Å². The van der Waals surface area contributed by atoms with Crippen molar-refractivity contribution in [1.29, 1.82) is 0 Å². The number of carbonyl (C=O) groups is 1. The van der Waals surface area contributed by atoms with E-state index in [1.54, 1.807) is 0 Å². The van der Waals surface area contributed by atoms with Crippen molar-refractivity contribution in [2.75, 3.05) is 5.32 Å². The zero-order valence-electron chi connectivity index (χ0n) is 13.1. The van der Waals surface area contributed by atoms with E-state index in [4.69, 9.17) is 0 Å². The normalized spacial score (nSPS) is 10.9. The number of fused-ring (bicyclic) bond motifs is 1. The summed E-state index contributed by atoms with van der Waals surface area (Å²) in [5, 5.41) is 2.96. The molecule has 118 valence electrons. The van der Waals surface area contributed by atoms with Crippen molar-refractivity contribution in [2.45, 2.75) is 26.7 Å². The summed E-state index contributed by atoms with van der Waals surface area (Å²) >= 11 is 3.40. The topological polar surface area (TPSA) is 46.4 Å². The molecule has 0 spiro atoms. The Morgan fingerprint density at radius 3 is 2.70 bits per heavy atom. The number of anilines is 1. The molecule has 0 bridgehead atoms. The average molecular weight is 372 g/mol. The lowest BCUT2D eigenvalue weighted by Crippen LogP contribution is -2.16. The molecule has 3 aromatic rings. The highest BCUT2D eigenvalue weighted by atomic mass is 79.9. The number of amides is 1. The Kier molecular flexibility index (Phi) is 4.48. The number of hydrogen-bond acceptors (Lipinski definition) is 2. The number of imidazole rings is 1. The van der Waals surface area contributed by atoms with Gasteiger partial charge in [-0.25, -0.2) is 4.98 Å². The third-order valence-electron chi connectivity index (χ3n) is 3.72.